The summed E-state index contributed by atoms with van der Waals surface area (Å²) in [4.78, 5) is 4.41. The topological polar surface area (TPSA) is 64.7 Å². The van der Waals surface area contributed by atoms with Crippen LogP contribution in [-0.4, -0.2) is 20.3 Å². The first-order valence-electron chi connectivity index (χ1n) is 7.88. The van der Waals surface area contributed by atoms with E-state index in [1.807, 2.05) is 66.7 Å². The molecule has 128 valence electrons. The van der Waals surface area contributed by atoms with Crippen LogP contribution < -0.4 is 0 Å². The SMILES string of the molecule is Clc1ccc(-c2ccc(SCc3nc(-c4ccccc4)no3)nn2)cc1. The highest BCUT2D eigenvalue weighted by atomic mass is 35.5. The first-order chi connectivity index (χ1) is 12.8. The van der Waals surface area contributed by atoms with E-state index in [4.69, 9.17) is 16.1 Å². The molecule has 0 amide bonds. The Morgan fingerprint density at radius 1 is 0.846 bits per heavy atom. The Morgan fingerprint density at radius 2 is 1.65 bits per heavy atom. The van der Waals surface area contributed by atoms with E-state index >= 15 is 0 Å². The summed E-state index contributed by atoms with van der Waals surface area (Å²) in [6.45, 7) is 0. The van der Waals surface area contributed by atoms with Crippen molar-refractivity contribution in [2.24, 2.45) is 0 Å². The predicted molar refractivity (Wildman–Crippen MR) is 102 cm³/mol. The van der Waals surface area contributed by atoms with E-state index in [9.17, 15) is 0 Å². The van der Waals surface area contributed by atoms with Crippen molar-refractivity contribution in [1.82, 2.24) is 20.3 Å². The summed E-state index contributed by atoms with van der Waals surface area (Å²) in [7, 11) is 0. The van der Waals surface area contributed by atoms with E-state index in [0.29, 0.717) is 22.5 Å². The lowest BCUT2D eigenvalue weighted by atomic mass is 10.1. The van der Waals surface area contributed by atoms with Gasteiger partial charge in [-0.1, -0.05) is 71.0 Å². The number of nitrogens with zero attached hydrogens (tertiary/aromatic N) is 4. The molecule has 0 unspecified atom stereocenters. The van der Waals surface area contributed by atoms with Gasteiger partial charge in [-0.15, -0.1) is 10.2 Å². The molecule has 26 heavy (non-hydrogen) atoms. The fourth-order valence-electron chi connectivity index (χ4n) is 2.33. The molecular formula is C19H13ClN4OS. The Labute approximate surface area is 159 Å². The second-order valence-corrected chi connectivity index (χ2v) is 6.86. The zero-order valence-corrected chi connectivity index (χ0v) is 15.1. The molecule has 0 spiro atoms. The molecule has 4 rings (SSSR count). The van der Waals surface area contributed by atoms with Gasteiger partial charge in [-0.2, -0.15) is 4.98 Å². The quantitative estimate of drug-likeness (QED) is 0.447. The van der Waals surface area contributed by atoms with Crippen molar-refractivity contribution in [2.75, 3.05) is 0 Å². The van der Waals surface area contributed by atoms with E-state index in [1.54, 1.807) is 0 Å². The van der Waals surface area contributed by atoms with Gasteiger partial charge in [0.2, 0.25) is 11.7 Å². The Kier molecular flexibility index (Phi) is 4.95. The molecule has 0 aliphatic rings. The number of aromatic nitrogens is 4. The molecule has 0 radical (unpaired) electrons. The van der Waals surface area contributed by atoms with Crippen molar-refractivity contribution in [3.8, 4) is 22.6 Å². The predicted octanol–water partition coefficient (Wildman–Crippen LogP) is 5.14. The maximum absolute atomic E-state index is 5.91. The van der Waals surface area contributed by atoms with Gasteiger partial charge in [0.1, 0.15) is 5.03 Å². The number of thioether (sulfide) groups is 1. The van der Waals surface area contributed by atoms with E-state index in [-0.39, 0.29) is 0 Å². The van der Waals surface area contributed by atoms with Gasteiger partial charge in [-0.25, -0.2) is 0 Å². The van der Waals surface area contributed by atoms with Crippen LogP contribution in [0.25, 0.3) is 22.6 Å². The third kappa shape index (κ3) is 3.92. The van der Waals surface area contributed by atoms with E-state index in [2.05, 4.69) is 20.3 Å². The molecule has 4 aromatic rings. The summed E-state index contributed by atoms with van der Waals surface area (Å²) < 4.78 is 5.30. The van der Waals surface area contributed by atoms with Crippen LogP contribution in [0.1, 0.15) is 5.89 Å². The van der Waals surface area contributed by atoms with Gasteiger partial charge in [-0.3, -0.25) is 0 Å². The lowest BCUT2D eigenvalue weighted by Crippen LogP contribution is -1.90. The molecule has 2 aromatic heterocycles. The first-order valence-corrected chi connectivity index (χ1v) is 9.25. The zero-order valence-electron chi connectivity index (χ0n) is 13.5. The van der Waals surface area contributed by atoms with Gasteiger partial charge in [0.15, 0.2) is 0 Å². The largest absolute Gasteiger partial charge is 0.338 e. The summed E-state index contributed by atoms with van der Waals surface area (Å²) >= 11 is 7.40. The Morgan fingerprint density at radius 3 is 2.38 bits per heavy atom. The zero-order chi connectivity index (χ0) is 17.8. The Balaban J connectivity index is 1.41. The molecule has 0 saturated carbocycles. The highest BCUT2D eigenvalue weighted by Crippen LogP contribution is 2.24. The van der Waals surface area contributed by atoms with Crippen LogP contribution in [0.5, 0.6) is 0 Å². The van der Waals surface area contributed by atoms with E-state index in [0.717, 1.165) is 21.8 Å². The normalized spacial score (nSPS) is 10.8. The van der Waals surface area contributed by atoms with Crippen LogP contribution in [0.4, 0.5) is 0 Å². The molecule has 2 aromatic carbocycles. The summed E-state index contributed by atoms with van der Waals surface area (Å²) in [5.74, 6) is 1.68. The molecule has 5 nitrogen and oxygen atoms in total. The van der Waals surface area contributed by atoms with Crippen LogP contribution in [0, 0.1) is 0 Å². The van der Waals surface area contributed by atoms with Gasteiger partial charge >= 0.3 is 0 Å². The lowest BCUT2D eigenvalue weighted by molar-refractivity contribution is 0.391. The number of benzene rings is 2. The molecule has 0 aliphatic heterocycles. The number of halogens is 1. The fraction of sp³-hybridized carbons (Fsp3) is 0.0526. The summed E-state index contributed by atoms with van der Waals surface area (Å²) in [5, 5.41) is 14.0. The van der Waals surface area contributed by atoms with Crippen LogP contribution in [0.15, 0.2) is 76.3 Å². The Hall–Kier alpha value is -2.70. The second kappa shape index (κ2) is 7.68. The van der Waals surface area contributed by atoms with E-state index < -0.39 is 0 Å². The van der Waals surface area contributed by atoms with Crippen LogP contribution in [0.2, 0.25) is 5.02 Å². The standard InChI is InChI=1S/C19H13ClN4OS/c20-15-8-6-13(7-9-15)16-10-11-18(23-22-16)26-12-17-21-19(24-25-17)14-4-2-1-3-5-14/h1-11H,12H2. The number of hydrogen-bond donors (Lipinski definition) is 0. The molecule has 0 N–H and O–H groups in total. The average Bonchev–Trinajstić information content (AvgIpc) is 3.17. The molecule has 0 aliphatic carbocycles. The Bertz CT molecular complexity index is 988. The fourth-order valence-corrected chi connectivity index (χ4v) is 3.10. The molecule has 0 fully saturated rings. The maximum atomic E-state index is 5.91. The maximum Gasteiger partial charge on any atom is 0.237 e. The van der Waals surface area contributed by atoms with Crippen LogP contribution >= 0.6 is 23.4 Å². The van der Waals surface area contributed by atoms with E-state index in [1.165, 1.54) is 11.8 Å². The van der Waals surface area contributed by atoms with Crippen LogP contribution in [0.3, 0.4) is 0 Å². The molecule has 0 saturated heterocycles. The van der Waals surface area contributed by atoms with Crippen LogP contribution in [-0.2, 0) is 5.75 Å². The molecule has 7 heteroatoms. The molecule has 0 atom stereocenters. The lowest BCUT2D eigenvalue weighted by Gasteiger charge is -2.01. The van der Waals surface area contributed by atoms with Gasteiger partial charge in [0.25, 0.3) is 0 Å². The summed E-state index contributed by atoms with van der Waals surface area (Å²) in [5.41, 5.74) is 2.71. The monoisotopic (exact) mass is 380 g/mol. The van der Waals surface area contributed by atoms with Crippen molar-refractivity contribution in [3.63, 3.8) is 0 Å². The first kappa shape index (κ1) is 16.8. The highest BCUT2D eigenvalue weighted by Gasteiger charge is 2.09. The summed E-state index contributed by atoms with van der Waals surface area (Å²) in [6.07, 6.45) is 0. The van der Waals surface area contributed by atoms with Gasteiger partial charge in [0, 0.05) is 16.1 Å². The van der Waals surface area contributed by atoms with Crippen molar-refractivity contribution in [2.45, 2.75) is 10.8 Å². The van der Waals surface area contributed by atoms with Gasteiger partial charge in [0.05, 0.1) is 11.4 Å². The summed E-state index contributed by atoms with van der Waals surface area (Å²) in [6, 6.07) is 21.1. The third-order valence-corrected chi connectivity index (χ3v) is 4.78. The molecule has 2 heterocycles. The van der Waals surface area contributed by atoms with Crippen molar-refractivity contribution < 1.29 is 4.52 Å². The van der Waals surface area contributed by atoms with Crippen molar-refractivity contribution >= 4 is 23.4 Å². The van der Waals surface area contributed by atoms with Gasteiger partial charge in [-0.05, 0) is 24.3 Å². The smallest absolute Gasteiger partial charge is 0.237 e. The molecular weight excluding hydrogens is 368 g/mol. The minimum absolute atomic E-state index is 0.537. The molecule has 0 bridgehead atoms. The number of rotatable bonds is 5. The second-order valence-electron chi connectivity index (χ2n) is 5.43. The average molecular weight is 381 g/mol. The minimum atomic E-state index is 0.537. The minimum Gasteiger partial charge on any atom is -0.338 e. The number of hydrogen-bond acceptors (Lipinski definition) is 6. The van der Waals surface area contributed by atoms with Crippen molar-refractivity contribution in [1.29, 1.82) is 0 Å². The third-order valence-electron chi connectivity index (χ3n) is 3.62. The van der Waals surface area contributed by atoms with Crippen molar-refractivity contribution in [3.05, 3.63) is 77.6 Å². The highest BCUT2D eigenvalue weighted by molar-refractivity contribution is 7.98. The van der Waals surface area contributed by atoms with Gasteiger partial charge < -0.3 is 4.52 Å².